The Morgan fingerprint density at radius 3 is 2.70 bits per heavy atom. The molecule has 1 aromatic heterocycles. The van der Waals surface area contributed by atoms with Gasteiger partial charge in [0, 0.05) is 62.6 Å². The van der Waals surface area contributed by atoms with Gasteiger partial charge in [-0.3, -0.25) is 19.5 Å². The van der Waals surface area contributed by atoms with E-state index in [1.165, 1.54) is 11.1 Å². The van der Waals surface area contributed by atoms with Gasteiger partial charge >= 0.3 is 0 Å². The molecule has 7 nitrogen and oxygen atoms in total. The van der Waals surface area contributed by atoms with Gasteiger partial charge in [0.1, 0.15) is 0 Å². The van der Waals surface area contributed by atoms with Gasteiger partial charge in [0.05, 0.1) is 6.10 Å². The molecule has 3 heterocycles. The highest BCUT2D eigenvalue weighted by atomic mass is 16.3. The van der Waals surface area contributed by atoms with Gasteiger partial charge in [0.25, 0.3) is 5.91 Å². The summed E-state index contributed by atoms with van der Waals surface area (Å²) >= 11 is 0. The average Bonchev–Trinajstić information content (AvgIpc) is 2.79. The fourth-order valence-electron chi connectivity index (χ4n) is 4.66. The molecule has 0 unspecified atom stereocenters. The van der Waals surface area contributed by atoms with Crippen LogP contribution in [-0.4, -0.2) is 70.5 Å². The lowest BCUT2D eigenvalue weighted by molar-refractivity contribution is -0.140. The zero-order valence-electron chi connectivity index (χ0n) is 19.5. The number of carbonyl (C=O) groups is 2. The molecule has 2 amide bonds. The predicted octanol–water partition coefficient (Wildman–Crippen LogP) is 1.89. The third-order valence-electron chi connectivity index (χ3n) is 6.52. The highest BCUT2D eigenvalue weighted by Gasteiger charge is 2.32. The third-order valence-corrected chi connectivity index (χ3v) is 6.52. The number of rotatable bonds is 8. The van der Waals surface area contributed by atoms with E-state index >= 15 is 0 Å². The number of likely N-dealkylation sites (tertiary alicyclic amines) is 1. The van der Waals surface area contributed by atoms with Crippen LogP contribution in [0.15, 0.2) is 42.6 Å². The number of nitrogens with zero attached hydrogens (tertiary/aromatic N) is 3. The van der Waals surface area contributed by atoms with E-state index in [9.17, 15) is 14.7 Å². The molecule has 1 fully saturated rings. The maximum Gasteiger partial charge on any atom is 0.251 e. The van der Waals surface area contributed by atoms with Crippen LogP contribution >= 0.6 is 0 Å². The van der Waals surface area contributed by atoms with Crippen LogP contribution in [0.2, 0.25) is 0 Å². The third kappa shape index (κ3) is 5.97. The molecular formula is C26H34N4O3. The Bertz CT molecular complexity index is 987. The van der Waals surface area contributed by atoms with Crippen molar-refractivity contribution in [3.8, 4) is 0 Å². The second-order valence-corrected chi connectivity index (χ2v) is 9.62. The number of carbonyl (C=O) groups excluding carboxylic acids is 2. The summed E-state index contributed by atoms with van der Waals surface area (Å²) in [6.45, 7) is 7.83. The summed E-state index contributed by atoms with van der Waals surface area (Å²) in [6, 6.07) is 11.9. The van der Waals surface area contributed by atoms with Crippen molar-refractivity contribution in [2.45, 2.75) is 39.3 Å². The molecule has 2 aliphatic rings. The Morgan fingerprint density at radius 1 is 1.18 bits per heavy atom. The van der Waals surface area contributed by atoms with E-state index in [4.69, 9.17) is 0 Å². The minimum absolute atomic E-state index is 0.0252. The van der Waals surface area contributed by atoms with Crippen molar-refractivity contribution >= 4 is 11.8 Å². The summed E-state index contributed by atoms with van der Waals surface area (Å²) < 4.78 is 0. The van der Waals surface area contributed by atoms with E-state index in [1.54, 1.807) is 12.3 Å². The van der Waals surface area contributed by atoms with E-state index in [1.807, 2.05) is 30.9 Å². The van der Waals surface area contributed by atoms with Crippen LogP contribution in [0.25, 0.3) is 0 Å². The van der Waals surface area contributed by atoms with Gasteiger partial charge in [-0.25, -0.2) is 0 Å². The summed E-state index contributed by atoms with van der Waals surface area (Å²) in [7, 11) is 0. The maximum atomic E-state index is 12.6. The highest BCUT2D eigenvalue weighted by molar-refractivity contribution is 5.94. The van der Waals surface area contributed by atoms with Crippen LogP contribution in [-0.2, 0) is 24.2 Å². The van der Waals surface area contributed by atoms with Crippen molar-refractivity contribution in [3.63, 3.8) is 0 Å². The van der Waals surface area contributed by atoms with E-state index < -0.39 is 6.10 Å². The van der Waals surface area contributed by atoms with Crippen molar-refractivity contribution < 1.29 is 14.7 Å². The molecule has 176 valence electrons. The minimum Gasteiger partial charge on any atom is -0.390 e. The van der Waals surface area contributed by atoms with Crippen LogP contribution in [0.5, 0.6) is 0 Å². The van der Waals surface area contributed by atoms with Gasteiger partial charge in [0.15, 0.2) is 0 Å². The van der Waals surface area contributed by atoms with Crippen molar-refractivity contribution in [3.05, 3.63) is 65.0 Å². The Kier molecular flexibility index (Phi) is 7.40. The minimum atomic E-state index is -0.625. The summed E-state index contributed by atoms with van der Waals surface area (Å²) in [5, 5.41) is 13.3. The molecule has 1 saturated heterocycles. The van der Waals surface area contributed by atoms with E-state index in [-0.39, 0.29) is 24.3 Å². The van der Waals surface area contributed by atoms with Crippen molar-refractivity contribution in [1.82, 2.24) is 20.1 Å². The smallest absolute Gasteiger partial charge is 0.251 e. The molecule has 1 atom stereocenters. The molecule has 0 bridgehead atoms. The highest BCUT2D eigenvalue weighted by Crippen LogP contribution is 2.22. The first-order chi connectivity index (χ1) is 15.9. The Hall–Kier alpha value is -2.77. The molecule has 0 spiro atoms. The number of amides is 2. The van der Waals surface area contributed by atoms with Crippen molar-refractivity contribution in [2.24, 2.45) is 11.8 Å². The number of aromatic nitrogens is 1. The van der Waals surface area contributed by atoms with Crippen LogP contribution in [0.3, 0.4) is 0 Å². The quantitative estimate of drug-likeness (QED) is 0.642. The number of aliphatic hydroxyl groups is 1. The predicted molar refractivity (Wildman–Crippen MR) is 127 cm³/mol. The maximum absolute atomic E-state index is 12.6. The SMILES string of the molecule is CC(C)C(=O)N1CC(Cc2cc(C(=O)NC[C@H](O)CN3CCc4ccccc4C3)ccn2)C1. The number of β-amino-alcohol motifs (C(OH)–C–C–N with tert-alkyl or cyclic N) is 1. The normalized spacial score (nSPS) is 17.4. The van der Waals surface area contributed by atoms with Crippen molar-refractivity contribution in [1.29, 1.82) is 0 Å². The van der Waals surface area contributed by atoms with E-state index in [2.05, 4.69) is 33.4 Å². The molecule has 4 rings (SSSR count). The van der Waals surface area contributed by atoms with Crippen LogP contribution in [0.4, 0.5) is 0 Å². The summed E-state index contributed by atoms with van der Waals surface area (Å²) in [6.07, 6.45) is 2.77. The number of fused-ring (bicyclic) bond motifs is 1. The zero-order chi connectivity index (χ0) is 23.4. The number of hydrogen-bond donors (Lipinski definition) is 2. The number of benzene rings is 1. The standard InChI is InChI=1S/C26H34N4O3/c1-18(2)26(33)30-14-19(15-30)11-23-12-21(7-9-27-23)25(32)28-13-24(31)17-29-10-8-20-5-3-4-6-22(20)16-29/h3-7,9,12,18-19,24,31H,8,10-11,13-17H2,1-2H3,(H,28,32)/t24-/m0/s1. The van der Waals surface area contributed by atoms with Crippen molar-refractivity contribution in [2.75, 3.05) is 32.7 Å². The Balaban J connectivity index is 1.22. The van der Waals surface area contributed by atoms with Gasteiger partial charge in [-0.2, -0.15) is 0 Å². The molecule has 2 N–H and O–H groups in total. The number of nitrogens with one attached hydrogen (secondary N) is 1. The van der Waals surface area contributed by atoms with Gasteiger partial charge in [-0.1, -0.05) is 38.1 Å². The number of hydrogen-bond acceptors (Lipinski definition) is 5. The monoisotopic (exact) mass is 450 g/mol. The Morgan fingerprint density at radius 2 is 1.94 bits per heavy atom. The number of aliphatic hydroxyl groups excluding tert-OH is 1. The fraction of sp³-hybridized carbons (Fsp3) is 0.500. The fourth-order valence-corrected chi connectivity index (χ4v) is 4.66. The van der Waals surface area contributed by atoms with E-state index in [0.29, 0.717) is 18.0 Å². The molecule has 0 aliphatic carbocycles. The first kappa shape index (κ1) is 23.4. The average molecular weight is 451 g/mol. The molecule has 7 heteroatoms. The first-order valence-corrected chi connectivity index (χ1v) is 11.9. The largest absolute Gasteiger partial charge is 0.390 e. The van der Waals surface area contributed by atoms with Crippen LogP contribution < -0.4 is 5.32 Å². The molecule has 2 aliphatic heterocycles. The summed E-state index contributed by atoms with van der Waals surface area (Å²) in [4.78, 5) is 33.1. The van der Waals surface area contributed by atoms with Gasteiger partial charge in [-0.15, -0.1) is 0 Å². The summed E-state index contributed by atoms with van der Waals surface area (Å²) in [5.41, 5.74) is 4.10. The lowest BCUT2D eigenvalue weighted by atomic mass is 9.92. The van der Waals surface area contributed by atoms with E-state index in [0.717, 1.165) is 44.7 Å². The molecule has 33 heavy (non-hydrogen) atoms. The number of pyridine rings is 1. The van der Waals surface area contributed by atoms with Crippen LogP contribution in [0.1, 0.15) is 41.0 Å². The second kappa shape index (κ2) is 10.4. The zero-order valence-corrected chi connectivity index (χ0v) is 19.5. The Labute approximate surface area is 195 Å². The first-order valence-electron chi connectivity index (χ1n) is 11.9. The molecular weight excluding hydrogens is 416 g/mol. The second-order valence-electron chi connectivity index (χ2n) is 9.62. The molecule has 2 aromatic rings. The lowest BCUT2D eigenvalue weighted by Crippen LogP contribution is -2.52. The lowest BCUT2D eigenvalue weighted by Gasteiger charge is -2.40. The molecule has 0 radical (unpaired) electrons. The topological polar surface area (TPSA) is 85.8 Å². The molecule has 0 saturated carbocycles. The summed E-state index contributed by atoms with van der Waals surface area (Å²) in [5.74, 6) is 0.402. The van der Waals surface area contributed by atoms with Gasteiger partial charge in [0.2, 0.25) is 5.91 Å². The molecule has 1 aromatic carbocycles. The van der Waals surface area contributed by atoms with Crippen LogP contribution in [0, 0.1) is 11.8 Å². The van der Waals surface area contributed by atoms with Gasteiger partial charge < -0.3 is 15.3 Å². The van der Waals surface area contributed by atoms with Gasteiger partial charge in [-0.05, 0) is 42.0 Å².